The van der Waals surface area contributed by atoms with E-state index in [1.807, 2.05) is 0 Å². The van der Waals surface area contributed by atoms with Crippen LogP contribution < -0.4 is 11.1 Å². The predicted octanol–water partition coefficient (Wildman–Crippen LogP) is 2.50. The second-order valence-electron chi connectivity index (χ2n) is 5.88. The maximum Gasteiger partial charge on any atom is 0.0236 e. The van der Waals surface area contributed by atoms with Crippen LogP contribution in [0.3, 0.4) is 0 Å². The Hall–Kier alpha value is -0.900. The van der Waals surface area contributed by atoms with Gasteiger partial charge in [0.2, 0.25) is 0 Å². The molecule has 1 aliphatic carbocycles. The van der Waals surface area contributed by atoms with Crippen molar-refractivity contribution in [2.24, 2.45) is 5.73 Å². The maximum atomic E-state index is 5.98. The molecule has 0 aromatic heterocycles. The van der Waals surface area contributed by atoms with Crippen LogP contribution >= 0.6 is 0 Å². The normalized spacial score (nSPS) is 22.6. The average Bonchev–Trinajstić information content (AvgIpc) is 2.89. The molecule has 2 rings (SSSR count). The van der Waals surface area contributed by atoms with E-state index in [0.29, 0.717) is 12.1 Å². The first-order chi connectivity index (χ1) is 9.72. The van der Waals surface area contributed by atoms with E-state index in [1.165, 1.54) is 24.0 Å². The van der Waals surface area contributed by atoms with Crippen LogP contribution in [0.4, 0.5) is 0 Å². The molecule has 1 saturated carbocycles. The summed E-state index contributed by atoms with van der Waals surface area (Å²) < 4.78 is 0. The molecule has 0 saturated heterocycles. The molecule has 20 heavy (non-hydrogen) atoms. The van der Waals surface area contributed by atoms with Gasteiger partial charge in [-0.25, -0.2) is 0 Å². The Labute approximate surface area is 123 Å². The Morgan fingerprint density at radius 3 is 2.45 bits per heavy atom. The van der Waals surface area contributed by atoms with Crippen LogP contribution in [0, 0.1) is 0 Å². The summed E-state index contributed by atoms with van der Waals surface area (Å²) in [6, 6.07) is 9.80. The highest BCUT2D eigenvalue weighted by Gasteiger charge is 2.21. The molecule has 0 bridgehead atoms. The van der Waals surface area contributed by atoms with Gasteiger partial charge in [0, 0.05) is 25.2 Å². The van der Waals surface area contributed by atoms with Crippen molar-refractivity contribution in [1.82, 2.24) is 10.2 Å². The summed E-state index contributed by atoms with van der Waals surface area (Å²) in [6.07, 6.45) is 3.51. The molecule has 1 aliphatic rings. The van der Waals surface area contributed by atoms with E-state index in [9.17, 15) is 0 Å². The van der Waals surface area contributed by atoms with E-state index >= 15 is 0 Å². The highest BCUT2D eigenvalue weighted by molar-refractivity contribution is 5.27. The third-order valence-electron chi connectivity index (χ3n) is 4.46. The highest BCUT2D eigenvalue weighted by atomic mass is 15.1. The second-order valence-corrected chi connectivity index (χ2v) is 5.88. The van der Waals surface area contributed by atoms with Crippen LogP contribution in [-0.2, 0) is 13.1 Å². The molecular weight excluding hydrogens is 246 g/mol. The second kappa shape index (κ2) is 7.77. The Balaban J connectivity index is 1.93. The molecule has 2 atom stereocenters. The molecular formula is C17H29N3. The third kappa shape index (κ3) is 4.30. The van der Waals surface area contributed by atoms with Gasteiger partial charge in [0.25, 0.3) is 0 Å². The summed E-state index contributed by atoms with van der Waals surface area (Å²) in [5, 5.41) is 3.68. The molecule has 0 heterocycles. The summed E-state index contributed by atoms with van der Waals surface area (Å²) in [5.41, 5.74) is 8.86. The van der Waals surface area contributed by atoms with Crippen molar-refractivity contribution < 1.29 is 0 Å². The highest BCUT2D eigenvalue weighted by Crippen LogP contribution is 2.18. The molecule has 0 aliphatic heterocycles. The molecule has 3 N–H and O–H groups in total. The van der Waals surface area contributed by atoms with Crippen molar-refractivity contribution in [3.63, 3.8) is 0 Å². The van der Waals surface area contributed by atoms with Gasteiger partial charge in [-0.05, 0) is 43.5 Å². The van der Waals surface area contributed by atoms with Gasteiger partial charge in [0.1, 0.15) is 0 Å². The summed E-state index contributed by atoms with van der Waals surface area (Å²) in [4.78, 5) is 2.46. The van der Waals surface area contributed by atoms with Crippen LogP contribution in [0.2, 0.25) is 0 Å². The van der Waals surface area contributed by atoms with E-state index < -0.39 is 0 Å². The lowest BCUT2D eigenvalue weighted by Crippen LogP contribution is -2.29. The molecule has 1 aromatic carbocycles. The number of nitrogens with zero attached hydrogens (tertiary/aromatic N) is 1. The fourth-order valence-corrected chi connectivity index (χ4v) is 3.03. The van der Waals surface area contributed by atoms with Crippen molar-refractivity contribution in [3.05, 3.63) is 35.4 Å². The van der Waals surface area contributed by atoms with E-state index in [-0.39, 0.29) is 0 Å². The number of nitrogens with one attached hydrogen (secondary N) is 1. The molecule has 112 valence electrons. The first-order valence-electron chi connectivity index (χ1n) is 8.01. The van der Waals surface area contributed by atoms with Gasteiger partial charge < -0.3 is 11.1 Å². The van der Waals surface area contributed by atoms with Gasteiger partial charge in [0.05, 0.1) is 0 Å². The SMILES string of the molecule is CCN(CC)Cc1ccccc1CNC1CCC(N)C1. The molecule has 0 amide bonds. The third-order valence-corrected chi connectivity index (χ3v) is 4.46. The standard InChI is InChI=1S/C17H29N3/c1-3-20(4-2)13-15-8-6-5-7-14(15)12-19-17-10-9-16(18)11-17/h5-8,16-17,19H,3-4,9-13,18H2,1-2H3. The Kier molecular flexibility index (Phi) is 6.02. The topological polar surface area (TPSA) is 41.3 Å². The van der Waals surface area contributed by atoms with E-state index in [2.05, 4.69) is 48.3 Å². The Morgan fingerprint density at radius 2 is 1.85 bits per heavy atom. The van der Waals surface area contributed by atoms with Crippen LogP contribution in [-0.4, -0.2) is 30.1 Å². The quantitative estimate of drug-likeness (QED) is 0.803. The van der Waals surface area contributed by atoms with Crippen LogP contribution in [0.1, 0.15) is 44.2 Å². The van der Waals surface area contributed by atoms with Crippen molar-refractivity contribution in [1.29, 1.82) is 0 Å². The minimum atomic E-state index is 0.401. The Bertz CT molecular complexity index is 401. The fraction of sp³-hybridized carbons (Fsp3) is 0.647. The number of benzene rings is 1. The summed E-state index contributed by atoms with van der Waals surface area (Å²) in [6.45, 7) is 8.68. The van der Waals surface area contributed by atoms with Gasteiger partial charge in [0.15, 0.2) is 0 Å². The van der Waals surface area contributed by atoms with E-state index in [0.717, 1.165) is 32.6 Å². The first kappa shape index (κ1) is 15.5. The zero-order chi connectivity index (χ0) is 14.4. The smallest absolute Gasteiger partial charge is 0.0236 e. The fourth-order valence-electron chi connectivity index (χ4n) is 3.03. The van der Waals surface area contributed by atoms with Crippen LogP contribution in [0.5, 0.6) is 0 Å². The maximum absolute atomic E-state index is 5.98. The minimum Gasteiger partial charge on any atom is -0.328 e. The monoisotopic (exact) mass is 275 g/mol. The number of hydrogen-bond donors (Lipinski definition) is 2. The molecule has 3 heteroatoms. The van der Waals surface area contributed by atoms with Crippen LogP contribution in [0.25, 0.3) is 0 Å². The lowest BCUT2D eigenvalue weighted by molar-refractivity contribution is 0.294. The molecule has 1 aromatic rings. The van der Waals surface area contributed by atoms with Crippen molar-refractivity contribution in [3.8, 4) is 0 Å². The van der Waals surface area contributed by atoms with Crippen molar-refractivity contribution in [2.75, 3.05) is 13.1 Å². The Morgan fingerprint density at radius 1 is 1.15 bits per heavy atom. The van der Waals surface area contributed by atoms with Gasteiger partial charge in [-0.1, -0.05) is 38.1 Å². The summed E-state index contributed by atoms with van der Waals surface area (Å²) in [7, 11) is 0. The number of rotatable bonds is 7. The van der Waals surface area contributed by atoms with Crippen molar-refractivity contribution >= 4 is 0 Å². The van der Waals surface area contributed by atoms with E-state index in [1.54, 1.807) is 0 Å². The first-order valence-corrected chi connectivity index (χ1v) is 8.01. The average molecular weight is 275 g/mol. The number of hydrogen-bond acceptors (Lipinski definition) is 3. The van der Waals surface area contributed by atoms with Crippen LogP contribution in [0.15, 0.2) is 24.3 Å². The lowest BCUT2D eigenvalue weighted by atomic mass is 10.1. The van der Waals surface area contributed by atoms with Gasteiger partial charge in [-0.15, -0.1) is 0 Å². The summed E-state index contributed by atoms with van der Waals surface area (Å²) >= 11 is 0. The minimum absolute atomic E-state index is 0.401. The van der Waals surface area contributed by atoms with E-state index in [4.69, 9.17) is 5.73 Å². The zero-order valence-electron chi connectivity index (χ0n) is 12.9. The molecule has 3 nitrogen and oxygen atoms in total. The molecule has 1 fully saturated rings. The van der Waals surface area contributed by atoms with Gasteiger partial charge in [-0.2, -0.15) is 0 Å². The largest absolute Gasteiger partial charge is 0.328 e. The molecule has 0 spiro atoms. The lowest BCUT2D eigenvalue weighted by Gasteiger charge is -2.21. The molecule has 0 radical (unpaired) electrons. The molecule has 2 unspecified atom stereocenters. The zero-order valence-corrected chi connectivity index (χ0v) is 12.9. The predicted molar refractivity (Wildman–Crippen MR) is 85.5 cm³/mol. The number of nitrogens with two attached hydrogens (primary N) is 1. The van der Waals surface area contributed by atoms with Gasteiger partial charge in [-0.3, -0.25) is 4.90 Å². The van der Waals surface area contributed by atoms with Gasteiger partial charge >= 0.3 is 0 Å². The summed E-state index contributed by atoms with van der Waals surface area (Å²) in [5.74, 6) is 0. The van der Waals surface area contributed by atoms with Crippen molar-refractivity contribution in [2.45, 2.75) is 58.3 Å².